The molecule has 3 heterocycles. The summed E-state index contributed by atoms with van der Waals surface area (Å²) >= 11 is 0. The van der Waals surface area contributed by atoms with Gasteiger partial charge in [0, 0.05) is 6.54 Å². The van der Waals surface area contributed by atoms with Gasteiger partial charge in [-0.1, -0.05) is 18.2 Å². The van der Waals surface area contributed by atoms with Crippen LogP contribution < -0.4 is 5.32 Å². The second-order valence-electron chi connectivity index (χ2n) is 8.26. The zero-order chi connectivity index (χ0) is 24.3. The standard InChI is InChI=1S/C24H24F2N4O3S/c1-16-12-22(34(32,33)15-18-7-5-9-21(26)28-18)27-13-20(16)29-24(31)23-17(6-4-8-19(23)25)14-30-10-2-3-11-30/h4-9,12-13H,2-3,10-11,14-15H2,1H3,(H,29,31). The molecule has 2 aromatic heterocycles. The summed E-state index contributed by atoms with van der Waals surface area (Å²) in [6.45, 7) is 3.90. The van der Waals surface area contributed by atoms with Gasteiger partial charge in [0.15, 0.2) is 5.03 Å². The second kappa shape index (κ2) is 9.94. The molecule has 3 aromatic rings. The highest BCUT2D eigenvalue weighted by Crippen LogP contribution is 2.23. The number of hydrogen-bond acceptors (Lipinski definition) is 6. The molecule has 0 radical (unpaired) electrons. The molecule has 0 bridgehead atoms. The van der Waals surface area contributed by atoms with E-state index in [9.17, 15) is 22.0 Å². The SMILES string of the molecule is Cc1cc(S(=O)(=O)Cc2cccc(F)n2)ncc1NC(=O)c1c(F)cccc1CN1CCCC1. The molecule has 0 spiro atoms. The zero-order valence-electron chi connectivity index (χ0n) is 18.6. The Morgan fingerprint density at radius 3 is 2.56 bits per heavy atom. The second-order valence-corrected chi connectivity index (χ2v) is 10.2. The van der Waals surface area contributed by atoms with Gasteiger partial charge >= 0.3 is 0 Å². The van der Waals surface area contributed by atoms with Crippen LogP contribution in [-0.4, -0.2) is 42.3 Å². The first-order valence-corrected chi connectivity index (χ1v) is 12.5. The Morgan fingerprint density at radius 1 is 1.12 bits per heavy atom. The molecular formula is C24H24F2N4O3S. The summed E-state index contributed by atoms with van der Waals surface area (Å²) in [6.07, 6.45) is 3.37. The molecule has 10 heteroatoms. The van der Waals surface area contributed by atoms with E-state index in [0.717, 1.165) is 32.0 Å². The number of amides is 1. The van der Waals surface area contributed by atoms with Gasteiger partial charge in [-0.25, -0.2) is 22.8 Å². The highest BCUT2D eigenvalue weighted by atomic mass is 32.2. The van der Waals surface area contributed by atoms with Crippen LogP contribution >= 0.6 is 0 Å². The summed E-state index contributed by atoms with van der Waals surface area (Å²) in [5, 5.41) is 2.42. The minimum atomic E-state index is -3.90. The third-order valence-electron chi connectivity index (χ3n) is 5.68. The van der Waals surface area contributed by atoms with Crippen molar-refractivity contribution >= 4 is 21.4 Å². The molecular weight excluding hydrogens is 462 g/mol. The number of halogens is 2. The van der Waals surface area contributed by atoms with E-state index in [1.165, 1.54) is 30.5 Å². The minimum absolute atomic E-state index is 0.0392. The number of nitrogens with one attached hydrogen (secondary N) is 1. The fourth-order valence-electron chi connectivity index (χ4n) is 3.95. The van der Waals surface area contributed by atoms with Crippen molar-refractivity contribution in [2.45, 2.75) is 37.1 Å². The molecule has 4 rings (SSSR count). The van der Waals surface area contributed by atoms with Gasteiger partial charge in [0.2, 0.25) is 15.8 Å². The number of carbonyl (C=O) groups excluding carboxylic acids is 1. The molecule has 178 valence electrons. The van der Waals surface area contributed by atoms with E-state index in [4.69, 9.17) is 0 Å². The number of sulfone groups is 1. The van der Waals surface area contributed by atoms with Gasteiger partial charge in [0.1, 0.15) is 5.82 Å². The van der Waals surface area contributed by atoms with Gasteiger partial charge in [-0.15, -0.1) is 0 Å². The smallest absolute Gasteiger partial charge is 0.259 e. The lowest BCUT2D eigenvalue weighted by atomic mass is 10.1. The molecule has 1 amide bonds. The van der Waals surface area contributed by atoms with Crippen molar-refractivity contribution < 1.29 is 22.0 Å². The molecule has 1 aliphatic heterocycles. The van der Waals surface area contributed by atoms with Crippen LogP contribution in [0.25, 0.3) is 0 Å². The number of nitrogens with zero attached hydrogens (tertiary/aromatic N) is 3. The maximum atomic E-state index is 14.6. The Hall–Kier alpha value is -3.24. The van der Waals surface area contributed by atoms with Crippen LogP contribution in [0.2, 0.25) is 0 Å². The van der Waals surface area contributed by atoms with Gasteiger partial charge in [-0.3, -0.25) is 9.69 Å². The van der Waals surface area contributed by atoms with Gasteiger partial charge in [-0.2, -0.15) is 4.39 Å². The van der Waals surface area contributed by atoms with E-state index in [1.54, 1.807) is 19.1 Å². The van der Waals surface area contributed by atoms with Crippen molar-refractivity contribution in [3.05, 3.63) is 82.8 Å². The summed E-state index contributed by atoms with van der Waals surface area (Å²) in [4.78, 5) is 22.7. The molecule has 0 saturated carbocycles. The van der Waals surface area contributed by atoms with E-state index in [0.29, 0.717) is 17.7 Å². The van der Waals surface area contributed by atoms with Gasteiger partial charge in [-0.05, 0) is 68.2 Å². The molecule has 1 aliphatic rings. The molecule has 1 N–H and O–H groups in total. The van der Waals surface area contributed by atoms with Crippen molar-refractivity contribution in [1.82, 2.24) is 14.9 Å². The molecule has 0 aliphatic carbocycles. The number of rotatable bonds is 7. The first-order valence-electron chi connectivity index (χ1n) is 10.8. The fraction of sp³-hybridized carbons (Fsp3) is 0.292. The van der Waals surface area contributed by atoms with Gasteiger partial charge in [0.25, 0.3) is 5.91 Å². The Labute approximate surface area is 196 Å². The third-order valence-corrected chi connectivity index (χ3v) is 7.22. The summed E-state index contributed by atoms with van der Waals surface area (Å²) in [5.74, 6) is -2.54. The quantitative estimate of drug-likeness (QED) is 0.510. The highest BCUT2D eigenvalue weighted by molar-refractivity contribution is 7.90. The molecule has 7 nitrogen and oxygen atoms in total. The van der Waals surface area contributed by atoms with Crippen LogP contribution in [0.1, 0.15) is 40.0 Å². The van der Waals surface area contributed by atoms with Gasteiger partial charge < -0.3 is 5.32 Å². The average molecular weight is 487 g/mol. The summed E-state index contributed by atoms with van der Waals surface area (Å²) in [5.41, 5.74) is 1.31. The fourth-order valence-corrected chi connectivity index (χ4v) is 5.22. The number of aromatic nitrogens is 2. The van der Waals surface area contributed by atoms with E-state index >= 15 is 0 Å². The predicted octanol–water partition coefficient (Wildman–Crippen LogP) is 3.89. The molecule has 0 atom stereocenters. The normalized spacial score (nSPS) is 14.3. The monoisotopic (exact) mass is 486 g/mol. The van der Waals surface area contributed by atoms with E-state index in [-0.39, 0.29) is 22.0 Å². The number of pyridine rings is 2. The van der Waals surface area contributed by atoms with Crippen molar-refractivity contribution in [2.75, 3.05) is 18.4 Å². The van der Waals surface area contributed by atoms with Crippen LogP contribution in [0.4, 0.5) is 14.5 Å². The van der Waals surface area contributed by atoms with Crippen LogP contribution in [0.3, 0.4) is 0 Å². The lowest BCUT2D eigenvalue weighted by Gasteiger charge is -2.18. The van der Waals surface area contributed by atoms with Gasteiger partial charge in [0.05, 0.1) is 28.9 Å². The largest absolute Gasteiger partial charge is 0.320 e. The number of hydrogen-bond donors (Lipinski definition) is 1. The average Bonchev–Trinajstić information content (AvgIpc) is 3.28. The summed E-state index contributed by atoms with van der Waals surface area (Å²) < 4.78 is 53.3. The van der Waals surface area contributed by atoms with Crippen molar-refractivity contribution in [3.63, 3.8) is 0 Å². The van der Waals surface area contributed by atoms with Crippen LogP contribution in [0, 0.1) is 18.7 Å². The lowest BCUT2D eigenvalue weighted by molar-refractivity contribution is 0.102. The number of benzene rings is 1. The summed E-state index contributed by atoms with van der Waals surface area (Å²) in [7, 11) is -3.90. The molecule has 34 heavy (non-hydrogen) atoms. The number of aryl methyl sites for hydroxylation is 1. The van der Waals surface area contributed by atoms with Crippen LogP contribution in [-0.2, 0) is 22.1 Å². The van der Waals surface area contributed by atoms with Crippen molar-refractivity contribution in [2.24, 2.45) is 0 Å². The van der Waals surface area contributed by atoms with Crippen molar-refractivity contribution in [3.8, 4) is 0 Å². The van der Waals surface area contributed by atoms with Crippen LogP contribution in [0.5, 0.6) is 0 Å². The Bertz CT molecular complexity index is 1330. The van der Waals surface area contributed by atoms with Crippen molar-refractivity contribution in [1.29, 1.82) is 0 Å². The maximum absolute atomic E-state index is 14.6. The number of carbonyl (C=O) groups is 1. The molecule has 1 aromatic carbocycles. The van der Waals surface area contributed by atoms with Crippen LogP contribution in [0.15, 0.2) is 53.7 Å². The lowest BCUT2D eigenvalue weighted by Crippen LogP contribution is -2.23. The number of anilines is 1. The highest BCUT2D eigenvalue weighted by Gasteiger charge is 2.23. The molecule has 0 unspecified atom stereocenters. The predicted molar refractivity (Wildman–Crippen MR) is 123 cm³/mol. The van der Waals surface area contributed by atoms with E-state index in [2.05, 4.69) is 20.2 Å². The third kappa shape index (κ3) is 5.45. The number of likely N-dealkylation sites (tertiary alicyclic amines) is 1. The molecule has 1 fully saturated rings. The zero-order valence-corrected chi connectivity index (χ0v) is 19.4. The minimum Gasteiger partial charge on any atom is -0.320 e. The topological polar surface area (TPSA) is 92.3 Å². The maximum Gasteiger partial charge on any atom is 0.259 e. The Morgan fingerprint density at radius 2 is 1.85 bits per heavy atom. The Balaban J connectivity index is 1.53. The van der Waals surface area contributed by atoms with E-state index in [1.807, 2.05) is 0 Å². The van der Waals surface area contributed by atoms with E-state index < -0.39 is 33.3 Å². The first kappa shape index (κ1) is 23.9. The summed E-state index contributed by atoms with van der Waals surface area (Å²) in [6, 6.07) is 9.79. The first-order chi connectivity index (χ1) is 16.2. The molecule has 1 saturated heterocycles. The Kier molecular flexibility index (Phi) is 6.99.